The van der Waals surface area contributed by atoms with E-state index in [-0.39, 0.29) is 11.7 Å². The summed E-state index contributed by atoms with van der Waals surface area (Å²) in [5.74, 6) is 0.208. The van der Waals surface area contributed by atoms with Crippen molar-refractivity contribution >= 4 is 5.91 Å². The van der Waals surface area contributed by atoms with Crippen molar-refractivity contribution in [3.8, 4) is 5.75 Å². The zero-order valence-corrected chi connectivity index (χ0v) is 12.2. The minimum Gasteiger partial charge on any atom is -0.508 e. The summed E-state index contributed by atoms with van der Waals surface area (Å²) < 4.78 is 0. The van der Waals surface area contributed by atoms with Gasteiger partial charge in [-0.2, -0.15) is 0 Å². The van der Waals surface area contributed by atoms with Crippen molar-refractivity contribution in [3.05, 3.63) is 29.3 Å². The normalized spacial score (nSPS) is 16.1. The molecule has 1 fully saturated rings. The number of rotatable bonds is 4. The van der Waals surface area contributed by atoms with Gasteiger partial charge in [-0.1, -0.05) is 0 Å². The molecule has 1 aliphatic heterocycles. The van der Waals surface area contributed by atoms with Crippen LogP contribution >= 0.6 is 0 Å². The van der Waals surface area contributed by atoms with Gasteiger partial charge in [0, 0.05) is 51.9 Å². The van der Waals surface area contributed by atoms with Crippen LogP contribution in [0.3, 0.4) is 0 Å². The van der Waals surface area contributed by atoms with Crippen LogP contribution in [0.15, 0.2) is 18.2 Å². The van der Waals surface area contributed by atoms with Crippen molar-refractivity contribution in [1.82, 2.24) is 15.1 Å². The minimum atomic E-state index is 0.0117. The standard InChI is InChI=1S/C15H23N3O2/c1-12-11-13(19)3-4-14(12)15(20)17(2)9-10-18-7-5-16-6-8-18/h3-4,11,16,19H,5-10H2,1-2H3. The predicted molar refractivity (Wildman–Crippen MR) is 79.1 cm³/mol. The average molecular weight is 277 g/mol. The average Bonchev–Trinajstić information content (AvgIpc) is 2.45. The number of nitrogens with zero attached hydrogens (tertiary/aromatic N) is 2. The minimum absolute atomic E-state index is 0.0117. The lowest BCUT2D eigenvalue weighted by molar-refractivity contribution is 0.0774. The number of aryl methyl sites for hydroxylation is 1. The molecule has 1 saturated heterocycles. The highest BCUT2D eigenvalue weighted by atomic mass is 16.3. The first-order valence-electron chi connectivity index (χ1n) is 7.06. The molecule has 1 aliphatic rings. The summed E-state index contributed by atoms with van der Waals surface area (Å²) in [7, 11) is 1.83. The maximum atomic E-state index is 12.4. The Labute approximate surface area is 120 Å². The summed E-state index contributed by atoms with van der Waals surface area (Å²) in [6.07, 6.45) is 0. The molecule has 5 heteroatoms. The number of likely N-dealkylation sites (N-methyl/N-ethyl adjacent to an activating group) is 1. The Bertz CT molecular complexity index is 470. The van der Waals surface area contributed by atoms with E-state index in [1.54, 1.807) is 23.1 Å². The number of phenols is 1. The molecule has 20 heavy (non-hydrogen) atoms. The number of carbonyl (C=O) groups is 1. The fourth-order valence-electron chi connectivity index (χ4n) is 2.42. The van der Waals surface area contributed by atoms with Gasteiger partial charge in [-0.3, -0.25) is 9.69 Å². The van der Waals surface area contributed by atoms with Crippen LogP contribution in [0.5, 0.6) is 5.75 Å². The molecule has 0 aromatic heterocycles. The first-order valence-corrected chi connectivity index (χ1v) is 7.06. The van der Waals surface area contributed by atoms with Crippen LogP contribution in [-0.2, 0) is 0 Å². The van der Waals surface area contributed by atoms with Crippen LogP contribution < -0.4 is 5.32 Å². The van der Waals surface area contributed by atoms with Gasteiger partial charge < -0.3 is 15.3 Å². The lowest BCUT2D eigenvalue weighted by Gasteiger charge is -2.29. The van der Waals surface area contributed by atoms with E-state index in [9.17, 15) is 9.90 Å². The van der Waals surface area contributed by atoms with E-state index < -0.39 is 0 Å². The van der Waals surface area contributed by atoms with Crippen LogP contribution in [0.4, 0.5) is 0 Å². The van der Waals surface area contributed by atoms with Gasteiger partial charge in [0.1, 0.15) is 5.75 Å². The van der Waals surface area contributed by atoms with Crippen LogP contribution in [0, 0.1) is 6.92 Å². The Hall–Kier alpha value is -1.59. The molecule has 1 amide bonds. The van der Waals surface area contributed by atoms with Gasteiger partial charge in [-0.25, -0.2) is 0 Å². The summed E-state index contributed by atoms with van der Waals surface area (Å²) in [6.45, 7) is 7.60. The van der Waals surface area contributed by atoms with Crippen molar-refractivity contribution in [2.75, 3.05) is 46.3 Å². The third-order valence-electron chi connectivity index (χ3n) is 3.75. The molecular weight excluding hydrogens is 254 g/mol. The van der Waals surface area contributed by atoms with E-state index in [0.29, 0.717) is 5.56 Å². The number of hydrogen-bond donors (Lipinski definition) is 2. The van der Waals surface area contributed by atoms with E-state index >= 15 is 0 Å². The lowest BCUT2D eigenvalue weighted by Crippen LogP contribution is -2.46. The third-order valence-corrected chi connectivity index (χ3v) is 3.75. The molecule has 1 aromatic rings. The molecule has 2 rings (SSSR count). The highest BCUT2D eigenvalue weighted by Gasteiger charge is 2.16. The Morgan fingerprint density at radius 1 is 1.40 bits per heavy atom. The molecule has 0 bridgehead atoms. The first-order chi connectivity index (χ1) is 9.58. The summed E-state index contributed by atoms with van der Waals surface area (Å²) in [5.41, 5.74) is 1.47. The van der Waals surface area contributed by atoms with E-state index in [2.05, 4.69) is 10.2 Å². The molecular formula is C15H23N3O2. The predicted octanol–water partition coefficient (Wildman–Crippen LogP) is 0.678. The number of aromatic hydroxyl groups is 1. The molecule has 0 radical (unpaired) electrons. The zero-order valence-electron chi connectivity index (χ0n) is 12.2. The number of benzene rings is 1. The number of carbonyl (C=O) groups excluding carboxylic acids is 1. The van der Waals surface area contributed by atoms with Gasteiger partial charge in [0.2, 0.25) is 0 Å². The van der Waals surface area contributed by atoms with Crippen molar-refractivity contribution in [1.29, 1.82) is 0 Å². The Morgan fingerprint density at radius 3 is 2.75 bits per heavy atom. The maximum absolute atomic E-state index is 12.4. The summed E-state index contributed by atoms with van der Waals surface area (Å²) in [5, 5.41) is 12.7. The molecule has 2 N–H and O–H groups in total. The van der Waals surface area contributed by atoms with Crippen molar-refractivity contribution in [2.24, 2.45) is 0 Å². The van der Waals surface area contributed by atoms with Gasteiger partial charge in [0.25, 0.3) is 5.91 Å². The summed E-state index contributed by atoms with van der Waals surface area (Å²) in [4.78, 5) is 16.5. The van der Waals surface area contributed by atoms with Gasteiger partial charge in [0.15, 0.2) is 0 Å². The summed E-state index contributed by atoms with van der Waals surface area (Å²) >= 11 is 0. The second kappa shape index (κ2) is 6.72. The SMILES string of the molecule is Cc1cc(O)ccc1C(=O)N(C)CCN1CCNCC1. The maximum Gasteiger partial charge on any atom is 0.253 e. The van der Waals surface area contributed by atoms with Crippen molar-refractivity contribution in [3.63, 3.8) is 0 Å². The fraction of sp³-hybridized carbons (Fsp3) is 0.533. The van der Waals surface area contributed by atoms with E-state index in [0.717, 1.165) is 44.8 Å². The van der Waals surface area contributed by atoms with Crippen LogP contribution in [0.2, 0.25) is 0 Å². The zero-order chi connectivity index (χ0) is 14.5. The number of nitrogens with one attached hydrogen (secondary N) is 1. The molecule has 0 atom stereocenters. The van der Waals surface area contributed by atoms with E-state index in [1.807, 2.05) is 14.0 Å². The molecule has 0 aliphatic carbocycles. The summed E-state index contributed by atoms with van der Waals surface area (Å²) in [6, 6.07) is 4.87. The highest BCUT2D eigenvalue weighted by molar-refractivity contribution is 5.95. The molecule has 1 heterocycles. The Kier molecular flexibility index (Phi) is 4.98. The highest BCUT2D eigenvalue weighted by Crippen LogP contribution is 2.17. The third kappa shape index (κ3) is 3.71. The Balaban J connectivity index is 1.90. The first kappa shape index (κ1) is 14.8. The van der Waals surface area contributed by atoms with Crippen LogP contribution in [0.25, 0.3) is 0 Å². The van der Waals surface area contributed by atoms with Crippen LogP contribution in [0.1, 0.15) is 15.9 Å². The van der Waals surface area contributed by atoms with Gasteiger partial charge in [-0.05, 0) is 30.7 Å². The molecule has 110 valence electrons. The second-order valence-electron chi connectivity index (χ2n) is 5.32. The second-order valence-corrected chi connectivity index (χ2v) is 5.32. The number of amides is 1. The fourth-order valence-corrected chi connectivity index (χ4v) is 2.42. The van der Waals surface area contributed by atoms with Crippen molar-refractivity contribution < 1.29 is 9.90 Å². The number of piperazine rings is 1. The molecule has 0 saturated carbocycles. The molecule has 1 aromatic carbocycles. The van der Waals surface area contributed by atoms with E-state index in [4.69, 9.17) is 0 Å². The molecule has 0 spiro atoms. The van der Waals surface area contributed by atoms with Gasteiger partial charge >= 0.3 is 0 Å². The lowest BCUT2D eigenvalue weighted by atomic mass is 10.1. The van der Waals surface area contributed by atoms with E-state index in [1.165, 1.54) is 0 Å². The van der Waals surface area contributed by atoms with Gasteiger partial charge in [0.05, 0.1) is 0 Å². The van der Waals surface area contributed by atoms with Gasteiger partial charge in [-0.15, -0.1) is 0 Å². The van der Waals surface area contributed by atoms with Crippen LogP contribution in [-0.4, -0.2) is 67.1 Å². The van der Waals surface area contributed by atoms with Crippen molar-refractivity contribution in [2.45, 2.75) is 6.92 Å². The number of hydrogen-bond acceptors (Lipinski definition) is 4. The Morgan fingerprint density at radius 2 is 2.10 bits per heavy atom. The smallest absolute Gasteiger partial charge is 0.253 e. The quantitative estimate of drug-likeness (QED) is 0.850. The monoisotopic (exact) mass is 277 g/mol. The topological polar surface area (TPSA) is 55.8 Å². The molecule has 0 unspecified atom stereocenters. The number of phenolic OH excluding ortho intramolecular Hbond substituents is 1. The largest absolute Gasteiger partial charge is 0.508 e. The molecule has 5 nitrogen and oxygen atoms in total.